The van der Waals surface area contributed by atoms with Crippen molar-refractivity contribution in [2.45, 2.75) is 45.1 Å². The molecule has 0 spiro atoms. The molecule has 1 aliphatic rings. The smallest absolute Gasteiger partial charge is 0.284 e. The van der Waals surface area contributed by atoms with E-state index in [1.165, 1.54) is 16.9 Å². The van der Waals surface area contributed by atoms with Crippen LogP contribution < -0.4 is 10.2 Å². The second-order valence-electron chi connectivity index (χ2n) is 8.08. The summed E-state index contributed by atoms with van der Waals surface area (Å²) in [6, 6.07) is 1.84. The number of hydrogen-bond acceptors (Lipinski definition) is 5. The number of fused-ring (bicyclic) bond motifs is 1. The van der Waals surface area contributed by atoms with E-state index < -0.39 is 18.0 Å². The Kier molecular flexibility index (Phi) is 5.40. The number of carbonyl (C=O) groups is 1. The molecule has 0 aromatic carbocycles. The van der Waals surface area contributed by atoms with Crippen LogP contribution in [0.3, 0.4) is 0 Å². The Hall–Kier alpha value is -3.04. The van der Waals surface area contributed by atoms with Crippen LogP contribution in [-0.4, -0.2) is 44.4 Å². The van der Waals surface area contributed by atoms with E-state index in [1.807, 2.05) is 14.1 Å². The molecule has 3 aromatic heterocycles. The standard InChI is InChI=1S/C20H25F2N7O/c1-12-4-6-13(7-5-12)29-11-15(17(26-29)18(21)22)24-20(30)14-10-23-28-9-8-16(27(2)3)25-19(14)28/h8-13,18H,4-7H2,1-3H3,(H,24,30)/t12-,13-. The predicted octanol–water partition coefficient (Wildman–Crippen LogP) is 3.93. The molecular formula is C20H25F2N7O. The highest BCUT2D eigenvalue weighted by Gasteiger charge is 2.26. The van der Waals surface area contributed by atoms with Gasteiger partial charge in [0.15, 0.2) is 11.3 Å². The van der Waals surface area contributed by atoms with Crippen LogP contribution in [0.1, 0.15) is 61.1 Å². The summed E-state index contributed by atoms with van der Waals surface area (Å²) >= 11 is 0. The van der Waals surface area contributed by atoms with Crippen molar-refractivity contribution < 1.29 is 13.6 Å². The van der Waals surface area contributed by atoms with Crippen molar-refractivity contribution in [3.8, 4) is 0 Å². The third-order valence-electron chi connectivity index (χ3n) is 5.63. The van der Waals surface area contributed by atoms with Gasteiger partial charge in [-0.25, -0.2) is 18.3 Å². The van der Waals surface area contributed by atoms with Gasteiger partial charge in [-0.1, -0.05) is 6.92 Å². The summed E-state index contributed by atoms with van der Waals surface area (Å²) < 4.78 is 30.3. The fourth-order valence-electron chi connectivity index (χ4n) is 3.82. The molecule has 3 aromatic rings. The van der Waals surface area contributed by atoms with E-state index >= 15 is 0 Å². The lowest BCUT2D eigenvalue weighted by molar-refractivity contribution is 0.102. The van der Waals surface area contributed by atoms with Gasteiger partial charge < -0.3 is 10.2 Å². The zero-order chi connectivity index (χ0) is 21.4. The number of amides is 1. The van der Waals surface area contributed by atoms with E-state index in [0.29, 0.717) is 17.4 Å². The third-order valence-corrected chi connectivity index (χ3v) is 5.63. The first-order valence-electron chi connectivity index (χ1n) is 10.0. The van der Waals surface area contributed by atoms with Crippen LogP contribution >= 0.6 is 0 Å². The summed E-state index contributed by atoms with van der Waals surface area (Å²) in [5, 5.41) is 10.8. The molecule has 0 unspecified atom stereocenters. The third kappa shape index (κ3) is 3.86. The number of halogens is 2. The van der Waals surface area contributed by atoms with Gasteiger partial charge in [0, 0.05) is 26.5 Å². The second-order valence-corrected chi connectivity index (χ2v) is 8.08. The van der Waals surface area contributed by atoms with Crippen LogP contribution in [0.2, 0.25) is 0 Å². The number of hydrogen-bond donors (Lipinski definition) is 1. The lowest BCUT2D eigenvalue weighted by atomic mass is 9.87. The van der Waals surface area contributed by atoms with Gasteiger partial charge in [-0.2, -0.15) is 10.2 Å². The van der Waals surface area contributed by atoms with Crippen molar-refractivity contribution in [3.05, 3.63) is 35.9 Å². The van der Waals surface area contributed by atoms with E-state index in [9.17, 15) is 13.6 Å². The number of rotatable bonds is 5. The molecule has 1 amide bonds. The van der Waals surface area contributed by atoms with E-state index in [2.05, 4.69) is 27.4 Å². The first-order valence-corrected chi connectivity index (χ1v) is 10.0. The number of aromatic nitrogens is 5. The quantitative estimate of drug-likeness (QED) is 0.680. The molecule has 0 radical (unpaired) electrons. The van der Waals surface area contributed by atoms with Crippen molar-refractivity contribution in [1.29, 1.82) is 0 Å². The van der Waals surface area contributed by atoms with Gasteiger partial charge in [0.1, 0.15) is 11.4 Å². The lowest BCUT2D eigenvalue weighted by Gasteiger charge is -2.26. The highest BCUT2D eigenvalue weighted by molar-refractivity contribution is 6.08. The topological polar surface area (TPSA) is 80.4 Å². The summed E-state index contributed by atoms with van der Waals surface area (Å²) in [6.45, 7) is 2.20. The lowest BCUT2D eigenvalue weighted by Crippen LogP contribution is -2.17. The van der Waals surface area contributed by atoms with Crippen LogP contribution in [0, 0.1) is 5.92 Å². The Bertz CT molecular complexity index is 1050. The summed E-state index contributed by atoms with van der Waals surface area (Å²) in [6.07, 6.45) is 5.68. The largest absolute Gasteiger partial charge is 0.363 e. The fraction of sp³-hybridized carbons (Fsp3) is 0.500. The Morgan fingerprint density at radius 3 is 2.67 bits per heavy atom. The highest BCUT2D eigenvalue weighted by atomic mass is 19.3. The first kappa shape index (κ1) is 20.2. The van der Waals surface area contributed by atoms with Crippen LogP contribution in [0.15, 0.2) is 24.7 Å². The molecule has 8 nitrogen and oxygen atoms in total. The molecule has 0 atom stereocenters. The SMILES string of the molecule is CN(C)c1ccn2ncc(C(=O)Nc3cn([C@H]4CC[C@H](C)CC4)nc3C(F)F)c2n1. The highest BCUT2D eigenvalue weighted by Crippen LogP contribution is 2.34. The molecule has 1 N–H and O–H groups in total. The monoisotopic (exact) mass is 417 g/mol. The van der Waals surface area contributed by atoms with Gasteiger partial charge in [-0.05, 0) is 37.7 Å². The molecule has 3 heterocycles. The van der Waals surface area contributed by atoms with Crippen LogP contribution in [-0.2, 0) is 0 Å². The summed E-state index contributed by atoms with van der Waals surface area (Å²) in [4.78, 5) is 19.1. The molecule has 1 aliphatic carbocycles. The molecule has 160 valence electrons. The summed E-state index contributed by atoms with van der Waals surface area (Å²) in [5.74, 6) is 0.748. The maximum Gasteiger partial charge on any atom is 0.284 e. The first-order chi connectivity index (χ1) is 14.3. The average Bonchev–Trinajstić information content (AvgIpc) is 3.32. The minimum Gasteiger partial charge on any atom is -0.363 e. The van der Waals surface area contributed by atoms with Gasteiger partial charge >= 0.3 is 0 Å². The number of nitrogens with zero attached hydrogens (tertiary/aromatic N) is 6. The Morgan fingerprint density at radius 2 is 2.00 bits per heavy atom. The molecule has 30 heavy (non-hydrogen) atoms. The molecule has 10 heteroatoms. The van der Waals surface area contributed by atoms with Gasteiger partial charge in [0.25, 0.3) is 12.3 Å². The Labute approximate surface area is 172 Å². The maximum atomic E-state index is 13.6. The molecule has 4 rings (SSSR count). The van der Waals surface area contributed by atoms with E-state index in [0.717, 1.165) is 25.7 Å². The summed E-state index contributed by atoms with van der Waals surface area (Å²) in [5.41, 5.74) is 0.168. The molecule has 0 bridgehead atoms. The summed E-state index contributed by atoms with van der Waals surface area (Å²) in [7, 11) is 3.68. The van der Waals surface area contributed by atoms with E-state index in [-0.39, 0.29) is 17.3 Å². The normalized spacial score (nSPS) is 19.4. The van der Waals surface area contributed by atoms with Crippen molar-refractivity contribution in [1.82, 2.24) is 24.4 Å². The van der Waals surface area contributed by atoms with Crippen molar-refractivity contribution >= 4 is 23.1 Å². The minimum absolute atomic E-state index is 0.0248. The number of nitrogens with one attached hydrogen (secondary N) is 1. The predicted molar refractivity (Wildman–Crippen MR) is 109 cm³/mol. The Balaban J connectivity index is 1.61. The van der Waals surface area contributed by atoms with Gasteiger partial charge in [-0.15, -0.1) is 0 Å². The Morgan fingerprint density at radius 1 is 1.27 bits per heavy atom. The van der Waals surface area contributed by atoms with Gasteiger partial charge in [0.2, 0.25) is 0 Å². The molecule has 1 saturated carbocycles. The molecular weight excluding hydrogens is 392 g/mol. The van der Waals surface area contributed by atoms with Crippen LogP contribution in [0.5, 0.6) is 0 Å². The van der Waals surface area contributed by atoms with Gasteiger partial charge in [0.05, 0.1) is 17.9 Å². The zero-order valence-corrected chi connectivity index (χ0v) is 17.2. The van der Waals surface area contributed by atoms with Crippen LogP contribution in [0.25, 0.3) is 5.65 Å². The number of carbonyl (C=O) groups excluding carboxylic acids is 1. The second kappa shape index (κ2) is 8.00. The van der Waals surface area contributed by atoms with Gasteiger partial charge in [-0.3, -0.25) is 9.48 Å². The van der Waals surface area contributed by atoms with E-state index in [4.69, 9.17) is 0 Å². The molecule has 1 fully saturated rings. The van der Waals surface area contributed by atoms with Crippen molar-refractivity contribution in [3.63, 3.8) is 0 Å². The maximum absolute atomic E-state index is 13.6. The fourth-order valence-corrected chi connectivity index (χ4v) is 3.82. The van der Waals surface area contributed by atoms with Crippen molar-refractivity contribution in [2.75, 3.05) is 24.3 Å². The average molecular weight is 417 g/mol. The molecule has 0 aliphatic heterocycles. The number of alkyl halides is 2. The molecule has 0 saturated heterocycles. The van der Waals surface area contributed by atoms with Crippen molar-refractivity contribution in [2.24, 2.45) is 5.92 Å². The number of anilines is 2. The van der Waals surface area contributed by atoms with Crippen LogP contribution in [0.4, 0.5) is 20.3 Å². The van der Waals surface area contributed by atoms with E-state index in [1.54, 1.807) is 21.8 Å². The zero-order valence-electron chi connectivity index (χ0n) is 17.2. The minimum atomic E-state index is -2.79.